The Kier molecular flexibility index (Phi) is 5.07. The number of aromatic nitrogens is 2. The molecular formula is C20H15N5O4S. The number of benzene rings is 2. The van der Waals surface area contributed by atoms with Crippen LogP contribution in [0.15, 0.2) is 64.6 Å². The monoisotopic (exact) mass is 421 g/mol. The fourth-order valence-electron chi connectivity index (χ4n) is 2.88. The van der Waals surface area contributed by atoms with Crippen LogP contribution in [0.2, 0.25) is 0 Å². The first kappa shape index (κ1) is 19.4. The first-order chi connectivity index (χ1) is 14.4. The topological polar surface area (TPSA) is 125 Å². The summed E-state index contributed by atoms with van der Waals surface area (Å²) in [6.07, 6.45) is 3.21. The highest BCUT2D eigenvalue weighted by molar-refractivity contribution is 8.18. The number of nitro benzene ring substituents is 1. The molecule has 0 fully saturated rings. The van der Waals surface area contributed by atoms with Crippen molar-refractivity contribution in [2.75, 3.05) is 11.9 Å². The minimum absolute atomic E-state index is 0.0341. The smallest absolute Gasteiger partial charge is 0.286 e. The molecule has 0 saturated heterocycles. The van der Waals surface area contributed by atoms with Crippen molar-refractivity contribution < 1.29 is 14.8 Å². The summed E-state index contributed by atoms with van der Waals surface area (Å²) in [6.45, 7) is 0. The van der Waals surface area contributed by atoms with E-state index in [1.54, 1.807) is 60.6 Å². The number of H-pyrrole nitrogens is 1. The number of hydrogen-bond acceptors (Lipinski definition) is 7. The molecule has 2 aromatic carbocycles. The molecule has 4 rings (SSSR count). The Balaban J connectivity index is 1.60. The van der Waals surface area contributed by atoms with Crippen LogP contribution in [0.1, 0.15) is 5.56 Å². The third-order valence-corrected chi connectivity index (χ3v) is 5.49. The van der Waals surface area contributed by atoms with Gasteiger partial charge in [-0.15, -0.1) is 0 Å². The molecule has 10 heteroatoms. The summed E-state index contributed by atoms with van der Waals surface area (Å²) >= 11 is 1.21. The molecule has 0 bridgehead atoms. The van der Waals surface area contributed by atoms with Crippen molar-refractivity contribution in [2.45, 2.75) is 0 Å². The number of aromatic amines is 1. The number of anilines is 1. The molecule has 3 aromatic rings. The predicted molar refractivity (Wildman–Crippen MR) is 115 cm³/mol. The second kappa shape index (κ2) is 7.84. The van der Waals surface area contributed by atoms with E-state index in [2.05, 4.69) is 15.2 Å². The molecule has 30 heavy (non-hydrogen) atoms. The lowest BCUT2D eigenvalue weighted by molar-refractivity contribution is -0.384. The van der Waals surface area contributed by atoms with Gasteiger partial charge >= 0.3 is 0 Å². The molecule has 9 nitrogen and oxygen atoms in total. The summed E-state index contributed by atoms with van der Waals surface area (Å²) < 4.78 is 0. The Hall–Kier alpha value is -3.92. The highest BCUT2D eigenvalue weighted by atomic mass is 32.2. The SMILES string of the molecule is CN(C1=NC(=O)C(=Cc2cn[nH]c2-c2cccc([N+](=O)[O-])c2)S1)c1ccc(O)cc1. The minimum Gasteiger partial charge on any atom is -0.508 e. The summed E-state index contributed by atoms with van der Waals surface area (Å²) in [4.78, 5) is 29.3. The second-order valence-corrected chi connectivity index (χ2v) is 7.40. The molecule has 0 unspecified atom stereocenters. The van der Waals surface area contributed by atoms with Gasteiger partial charge in [0.1, 0.15) is 5.75 Å². The number of nitrogens with one attached hydrogen (secondary N) is 1. The maximum absolute atomic E-state index is 12.4. The maximum atomic E-state index is 12.4. The van der Waals surface area contributed by atoms with E-state index in [1.807, 2.05) is 0 Å². The molecule has 2 heterocycles. The van der Waals surface area contributed by atoms with Crippen molar-refractivity contribution >= 4 is 40.3 Å². The number of amides is 1. The van der Waals surface area contributed by atoms with Gasteiger partial charge in [-0.1, -0.05) is 12.1 Å². The zero-order valence-electron chi connectivity index (χ0n) is 15.6. The molecule has 1 amide bonds. The fraction of sp³-hybridized carbons (Fsp3) is 0.0500. The number of amidine groups is 1. The van der Waals surface area contributed by atoms with Gasteiger partial charge in [-0.25, -0.2) is 0 Å². The number of rotatable bonds is 4. The van der Waals surface area contributed by atoms with Crippen molar-refractivity contribution in [3.05, 3.63) is 75.3 Å². The molecule has 0 saturated carbocycles. The summed E-state index contributed by atoms with van der Waals surface area (Å²) in [6, 6.07) is 12.7. The summed E-state index contributed by atoms with van der Waals surface area (Å²) in [5, 5.41) is 27.8. The van der Waals surface area contributed by atoms with Gasteiger partial charge in [0.15, 0.2) is 5.17 Å². The number of non-ortho nitro benzene ring substituents is 1. The van der Waals surface area contributed by atoms with Crippen molar-refractivity contribution in [1.29, 1.82) is 0 Å². The van der Waals surface area contributed by atoms with Crippen LogP contribution in [0.4, 0.5) is 11.4 Å². The van der Waals surface area contributed by atoms with E-state index in [4.69, 9.17) is 0 Å². The zero-order valence-corrected chi connectivity index (χ0v) is 16.5. The van der Waals surface area contributed by atoms with E-state index < -0.39 is 4.92 Å². The Bertz CT molecular complexity index is 1200. The van der Waals surface area contributed by atoms with E-state index in [9.17, 15) is 20.0 Å². The van der Waals surface area contributed by atoms with Gasteiger partial charge in [-0.3, -0.25) is 20.0 Å². The van der Waals surface area contributed by atoms with Crippen molar-refractivity contribution in [3.8, 4) is 17.0 Å². The van der Waals surface area contributed by atoms with Gasteiger partial charge in [0.2, 0.25) is 0 Å². The van der Waals surface area contributed by atoms with Gasteiger partial charge in [-0.2, -0.15) is 10.1 Å². The van der Waals surface area contributed by atoms with E-state index in [-0.39, 0.29) is 17.3 Å². The summed E-state index contributed by atoms with van der Waals surface area (Å²) in [5.74, 6) is -0.231. The van der Waals surface area contributed by atoms with Gasteiger partial charge in [0.05, 0.1) is 21.7 Å². The number of nitro groups is 1. The molecule has 150 valence electrons. The molecule has 0 aliphatic carbocycles. The van der Waals surface area contributed by atoms with Crippen LogP contribution in [0, 0.1) is 10.1 Å². The third kappa shape index (κ3) is 3.80. The van der Waals surface area contributed by atoms with E-state index in [0.717, 1.165) is 5.69 Å². The number of carbonyl (C=O) groups is 1. The lowest BCUT2D eigenvalue weighted by atomic mass is 10.1. The number of aliphatic imine (C=N–C) groups is 1. The van der Waals surface area contributed by atoms with E-state index >= 15 is 0 Å². The minimum atomic E-state index is -0.465. The Labute approximate surface area is 174 Å². The Morgan fingerprint density at radius 2 is 2.00 bits per heavy atom. The molecule has 0 spiro atoms. The predicted octanol–water partition coefficient (Wildman–Crippen LogP) is 3.80. The Morgan fingerprint density at radius 1 is 1.23 bits per heavy atom. The summed E-state index contributed by atoms with van der Waals surface area (Å²) in [7, 11) is 1.78. The van der Waals surface area contributed by atoms with Crippen LogP contribution >= 0.6 is 11.8 Å². The van der Waals surface area contributed by atoms with E-state index in [0.29, 0.717) is 26.9 Å². The van der Waals surface area contributed by atoms with Gasteiger partial charge in [-0.05, 0) is 42.1 Å². The molecule has 2 N–H and O–H groups in total. The Morgan fingerprint density at radius 3 is 2.73 bits per heavy atom. The largest absolute Gasteiger partial charge is 0.508 e. The number of phenols is 1. The van der Waals surface area contributed by atoms with Crippen LogP contribution in [-0.2, 0) is 4.79 Å². The number of thioether (sulfide) groups is 1. The quantitative estimate of drug-likeness (QED) is 0.373. The van der Waals surface area contributed by atoms with Crippen LogP contribution < -0.4 is 4.90 Å². The van der Waals surface area contributed by atoms with Crippen molar-refractivity contribution in [3.63, 3.8) is 0 Å². The normalized spacial score (nSPS) is 14.8. The molecule has 1 aromatic heterocycles. The highest BCUT2D eigenvalue weighted by Gasteiger charge is 2.26. The number of aromatic hydroxyl groups is 1. The highest BCUT2D eigenvalue weighted by Crippen LogP contribution is 2.34. The molecule has 1 aliphatic heterocycles. The molecule has 0 atom stereocenters. The zero-order chi connectivity index (χ0) is 21.3. The van der Waals surface area contributed by atoms with Crippen molar-refractivity contribution in [1.82, 2.24) is 10.2 Å². The van der Waals surface area contributed by atoms with Gasteiger partial charge in [0.25, 0.3) is 11.6 Å². The van der Waals surface area contributed by atoms with Crippen LogP contribution in [-0.4, -0.2) is 38.3 Å². The van der Waals surface area contributed by atoms with Gasteiger partial charge in [0, 0.05) is 36.0 Å². The first-order valence-electron chi connectivity index (χ1n) is 8.76. The average molecular weight is 421 g/mol. The maximum Gasteiger partial charge on any atom is 0.286 e. The molecule has 1 aliphatic rings. The lowest BCUT2D eigenvalue weighted by Gasteiger charge is -2.17. The van der Waals surface area contributed by atoms with Crippen molar-refractivity contribution in [2.24, 2.45) is 4.99 Å². The number of nitrogens with zero attached hydrogens (tertiary/aromatic N) is 4. The van der Waals surface area contributed by atoms with E-state index in [1.165, 1.54) is 23.9 Å². The number of hydrogen-bond donors (Lipinski definition) is 2. The standard InChI is InChI=1S/C20H15N5O4S/c1-24(14-5-7-16(26)8-6-14)20-22-19(27)17(30-20)10-13-11-21-23-18(13)12-3-2-4-15(9-12)25(28)29/h2-11,26H,1H3,(H,21,23). The second-order valence-electron chi connectivity index (χ2n) is 6.39. The third-order valence-electron chi connectivity index (χ3n) is 4.43. The summed E-state index contributed by atoms with van der Waals surface area (Å²) in [5.41, 5.74) is 2.52. The van der Waals surface area contributed by atoms with Crippen LogP contribution in [0.25, 0.3) is 17.3 Å². The van der Waals surface area contributed by atoms with Crippen LogP contribution in [0.5, 0.6) is 5.75 Å². The number of carbonyl (C=O) groups excluding carboxylic acids is 1. The number of phenolic OH excluding ortho intramolecular Hbond substituents is 1. The van der Waals surface area contributed by atoms with Crippen LogP contribution in [0.3, 0.4) is 0 Å². The lowest BCUT2D eigenvalue weighted by Crippen LogP contribution is -2.21. The molecular weight excluding hydrogens is 406 g/mol. The van der Waals surface area contributed by atoms with Gasteiger partial charge < -0.3 is 10.0 Å². The average Bonchev–Trinajstić information content (AvgIpc) is 3.35. The first-order valence-corrected chi connectivity index (χ1v) is 9.57. The fourth-order valence-corrected chi connectivity index (χ4v) is 3.77. The molecule has 0 radical (unpaired) electrons.